The van der Waals surface area contributed by atoms with Crippen LogP contribution in [0, 0.1) is 6.92 Å². The molecule has 2 aromatic carbocycles. The highest BCUT2D eigenvalue weighted by Crippen LogP contribution is 2.28. The van der Waals surface area contributed by atoms with Gasteiger partial charge in [-0.3, -0.25) is 4.72 Å². The van der Waals surface area contributed by atoms with Gasteiger partial charge < -0.3 is 14.4 Å². The molecule has 0 spiro atoms. The number of aryl methyl sites for hydroxylation is 1. The van der Waals surface area contributed by atoms with E-state index < -0.39 is 10.0 Å². The average molecular weight is 405 g/mol. The first kappa shape index (κ1) is 20.5. The van der Waals surface area contributed by atoms with Crippen LogP contribution in [0.2, 0.25) is 0 Å². The standard InChI is InChI=1S/C21H28N2O4S/c1-4-27-20-12-7-16(2)14-21(20)28(24,25)22-17-8-10-18(11-9-17)23-13-5-6-19(15-23)26-3/h7-12,14,19,22H,4-6,13,15H2,1-3H3. The summed E-state index contributed by atoms with van der Waals surface area (Å²) in [4.78, 5) is 2.42. The monoisotopic (exact) mass is 404 g/mol. The van der Waals surface area contributed by atoms with Gasteiger partial charge in [0.25, 0.3) is 10.0 Å². The van der Waals surface area contributed by atoms with Gasteiger partial charge in [0.15, 0.2) is 0 Å². The van der Waals surface area contributed by atoms with Gasteiger partial charge in [-0.25, -0.2) is 8.42 Å². The SMILES string of the molecule is CCOc1ccc(C)cc1S(=O)(=O)Nc1ccc(N2CCCC(OC)C2)cc1. The maximum Gasteiger partial charge on any atom is 0.265 e. The van der Waals surface area contributed by atoms with Gasteiger partial charge in [-0.15, -0.1) is 0 Å². The number of nitrogens with zero attached hydrogens (tertiary/aromatic N) is 1. The van der Waals surface area contributed by atoms with Crippen molar-refractivity contribution in [3.8, 4) is 5.75 Å². The molecule has 6 nitrogen and oxygen atoms in total. The minimum atomic E-state index is -3.75. The van der Waals surface area contributed by atoms with E-state index in [0.29, 0.717) is 18.0 Å². The van der Waals surface area contributed by atoms with Crippen molar-refractivity contribution < 1.29 is 17.9 Å². The molecule has 1 heterocycles. The summed E-state index contributed by atoms with van der Waals surface area (Å²) < 4.78 is 39.4. The highest BCUT2D eigenvalue weighted by molar-refractivity contribution is 7.92. The predicted octanol–water partition coefficient (Wildman–Crippen LogP) is 3.81. The molecule has 3 rings (SSSR count). The van der Waals surface area contributed by atoms with E-state index in [9.17, 15) is 8.42 Å². The molecule has 1 aliphatic heterocycles. The highest BCUT2D eigenvalue weighted by Gasteiger charge is 2.22. The van der Waals surface area contributed by atoms with Gasteiger partial charge in [0.1, 0.15) is 10.6 Å². The molecule has 1 saturated heterocycles. The van der Waals surface area contributed by atoms with Crippen molar-refractivity contribution in [3.05, 3.63) is 48.0 Å². The van der Waals surface area contributed by atoms with E-state index in [-0.39, 0.29) is 11.0 Å². The van der Waals surface area contributed by atoms with Crippen LogP contribution in [0.1, 0.15) is 25.3 Å². The van der Waals surface area contributed by atoms with Crippen LogP contribution in [-0.2, 0) is 14.8 Å². The second kappa shape index (κ2) is 8.84. The fourth-order valence-corrected chi connectivity index (χ4v) is 4.70. The zero-order valence-electron chi connectivity index (χ0n) is 16.6. The predicted molar refractivity (Wildman–Crippen MR) is 112 cm³/mol. The summed E-state index contributed by atoms with van der Waals surface area (Å²) in [6, 6.07) is 12.6. The van der Waals surface area contributed by atoms with E-state index in [4.69, 9.17) is 9.47 Å². The Morgan fingerprint density at radius 2 is 1.93 bits per heavy atom. The fraction of sp³-hybridized carbons (Fsp3) is 0.429. The van der Waals surface area contributed by atoms with E-state index in [1.807, 2.05) is 32.0 Å². The molecule has 7 heteroatoms. The highest BCUT2D eigenvalue weighted by atomic mass is 32.2. The van der Waals surface area contributed by atoms with Crippen molar-refractivity contribution in [1.29, 1.82) is 0 Å². The number of hydrogen-bond acceptors (Lipinski definition) is 5. The lowest BCUT2D eigenvalue weighted by molar-refractivity contribution is 0.0893. The molecule has 1 N–H and O–H groups in total. The maximum absolute atomic E-state index is 12.9. The van der Waals surface area contributed by atoms with Crippen LogP contribution in [0.15, 0.2) is 47.4 Å². The Morgan fingerprint density at radius 3 is 2.61 bits per heavy atom. The molecule has 0 aliphatic carbocycles. The molecular weight excluding hydrogens is 376 g/mol. The van der Waals surface area contributed by atoms with E-state index in [2.05, 4.69) is 9.62 Å². The summed E-state index contributed by atoms with van der Waals surface area (Å²) in [5, 5.41) is 0. The van der Waals surface area contributed by atoms with Crippen molar-refractivity contribution in [2.24, 2.45) is 0 Å². The zero-order valence-corrected chi connectivity index (χ0v) is 17.5. The Hall–Kier alpha value is -2.25. The Morgan fingerprint density at radius 1 is 1.18 bits per heavy atom. The largest absolute Gasteiger partial charge is 0.492 e. The van der Waals surface area contributed by atoms with Gasteiger partial charge >= 0.3 is 0 Å². The summed E-state index contributed by atoms with van der Waals surface area (Å²) in [5.41, 5.74) is 2.44. The van der Waals surface area contributed by atoms with Crippen molar-refractivity contribution in [3.63, 3.8) is 0 Å². The van der Waals surface area contributed by atoms with Crippen LogP contribution in [0.4, 0.5) is 11.4 Å². The molecule has 28 heavy (non-hydrogen) atoms. The molecular formula is C21H28N2O4S. The minimum Gasteiger partial charge on any atom is -0.492 e. The lowest BCUT2D eigenvalue weighted by Gasteiger charge is -2.33. The molecule has 1 aliphatic rings. The zero-order chi connectivity index (χ0) is 20.1. The Kier molecular flexibility index (Phi) is 6.46. The van der Waals surface area contributed by atoms with Gasteiger partial charge in [0.2, 0.25) is 0 Å². The van der Waals surface area contributed by atoms with Crippen molar-refractivity contribution in [2.45, 2.75) is 37.7 Å². The van der Waals surface area contributed by atoms with E-state index in [1.54, 1.807) is 31.4 Å². The average Bonchev–Trinajstić information content (AvgIpc) is 2.70. The van der Waals surface area contributed by atoms with E-state index in [1.165, 1.54) is 0 Å². The summed E-state index contributed by atoms with van der Waals surface area (Å²) in [5.74, 6) is 0.358. The number of methoxy groups -OCH3 is 1. The summed E-state index contributed by atoms with van der Waals surface area (Å²) in [6.07, 6.45) is 2.40. The summed E-state index contributed by atoms with van der Waals surface area (Å²) in [7, 11) is -2.00. The van der Waals surface area contributed by atoms with Crippen LogP contribution in [0.5, 0.6) is 5.75 Å². The molecule has 1 atom stereocenters. The number of sulfonamides is 1. The lowest BCUT2D eigenvalue weighted by Crippen LogP contribution is -2.39. The summed E-state index contributed by atoms with van der Waals surface area (Å²) >= 11 is 0. The molecule has 1 fully saturated rings. The number of piperidine rings is 1. The fourth-order valence-electron chi connectivity index (χ4n) is 3.42. The number of hydrogen-bond donors (Lipinski definition) is 1. The Bertz CT molecular complexity index is 897. The Balaban J connectivity index is 1.77. The quantitative estimate of drug-likeness (QED) is 0.760. The molecule has 0 radical (unpaired) electrons. The van der Waals surface area contributed by atoms with Crippen LogP contribution in [-0.4, -0.2) is 41.3 Å². The number of benzene rings is 2. The third-order valence-corrected chi connectivity index (χ3v) is 6.29. The van der Waals surface area contributed by atoms with Crippen LogP contribution in [0.3, 0.4) is 0 Å². The molecule has 2 aromatic rings. The first-order valence-corrected chi connectivity index (χ1v) is 11.1. The number of ether oxygens (including phenoxy) is 2. The van der Waals surface area contributed by atoms with Gasteiger partial charge in [0.05, 0.1) is 12.7 Å². The molecule has 0 bridgehead atoms. The van der Waals surface area contributed by atoms with Gasteiger partial charge in [-0.1, -0.05) is 6.07 Å². The van der Waals surface area contributed by atoms with Gasteiger partial charge in [0, 0.05) is 31.6 Å². The number of nitrogens with one attached hydrogen (secondary N) is 1. The topological polar surface area (TPSA) is 67.9 Å². The molecule has 152 valence electrons. The minimum absolute atomic E-state index is 0.150. The molecule has 0 saturated carbocycles. The molecule has 0 aromatic heterocycles. The van der Waals surface area contributed by atoms with Crippen molar-refractivity contribution in [2.75, 3.05) is 36.4 Å². The number of rotatable bonds is 7. The second-order valence-electron chi connectivity index (χ2n) is 6.98. The van der Waals surface area contributed by atoms with Gasteiger partial charge in [-0.2, -0.15) is 0 Å². The smallest absolute Gasteiger partial charge is 0.265 e. The van der Waals surface area contributed by atoms with Crippen molar-refractivity contribution in [1.82, 2.24) is 0 Å². The first-order valence-electron chi connectivity index (χ1n) is 9.57. The third kappa shape index (κ3) is 4.77. The lowest BCUT2D eigenvalue weighted by atomic mass is 10.1. The third-order valence-electron chi connectivity index (χ3n) is 4.88. The Labute approximate surface area is 167 Å². The second-order valence-corrected chi connectivity index (χ2v) is 8.63. The summed E-state index contributed by atoms with van der Waals surface area (Å²) in [6.45, 7) is 5.92. The van der Waals surface area contributed by atoms with E-state index in [0.717, 1.165) is 37.2 Å². The normalized spacial score (nSPS) is 17.4. The van der Waals surface area contributed by atoms with Gasteiger partial charge in [-0.05, 0) is 68.7 Å². The van der Waals surface area contributed by atoms with Crippen LogP contribution >= 0.6 is 0 Å². The van der Waals surface area contributed by atoms with Crippen LogP contribution in [0.25, 0.3) is 0 Å². The first-order chi connectivity index (χ1) is 13.4. The maximum atomic E-state index is 12.9. The number of anilines is 2. The van der Waals surface area contributed by atoms with E-state index >= 15 is 0 Å². The molecule has 0 amide bonds. The van der Waals surface area contributed by atoms with Crippen molar-refractivity contribution >= 4 is 21.4 Å². The molecule has 1 unspecified atom stereocenters. The van der Waals surface area contributed by atoms with Crippen LogP contribution < -0.4 is 14.4 Å².